The molecular weight excluding hydrogens is 449 g/mol. The predicted octanol–water partition coefficient (Wildman–Crippen LogP) is 6.13. The van der Waals surface area contributed by atoms with Gasteiger partial charge in [0.15, 0.2) is 4.37 Å². The van der Waals surface area contributed by atoms with Gasteiger partial charge in [-0.3, -0.25) is 4.57 Å². The van der Waals surface area contributed by atoms with Gasteiger partial charge in [-0.15, -0.1) is 0 Å². The highest BCUT2D eigenvalue weighted by molar-refractivity contribution is 8.68. The van der Waals surface area contributed by atoms with Crippen LogP contribution in [0.4, 0.5) is 0 Å². The predicted molar refractivity (Wildman–Crippen MR) is 116 cm³/mol. The van der Waals surface area contributed by atoms with Crippen molar-refractivity contribution in [3.05, 3.63) is 0 Å². The van der Waals surface area contributed by atoms with E-state index in [1.807, 2.05) is 0 Å². The van der Waals surface area contributed by atoms with E-state index in [1.54, 1.807) is 48.5 Å². The third kappa shape index (κ3) is 8.52. The molecule has 0 aliphatic carbocycles. The molecule has 0 radical (unpaired) electrons. The Balaban J connectivity index is 6.86. The molecule has 0 aromatic carbocycles. The number of hydrogen-bond acceptors (Lipinski definition) is 10. The van der Waals surface area contributed by atoms with Crippen LogP contribution in [0, 0.1) is 0 Å². The van der Waals surface area contributed by atoms with Gasteiger partial charge in [0, 0.05) is 11.4 Å². The molecule has 9 nitrogen and oxygen atoms in total. The molecule has 0 saturated heterocycles. The second-order valence-electron chi connectivity index (χ2n) is 4.74. The van der Waals surface area contributed by atoms with Gasteiger partial charge in [-0.2, -0.15) is 0 Å². The average Bonchev–Trinajstić information content (AvgIpc) is 2.61. The topological polar surface area (TPSA) is 98.8 Å². The van der Waals surface area contributed by atoms with Gasteiger partial charge < -0.3 is 31.7 Å². The third-order valence-corrected chi connectivity index (χ3v) is 14.3. The molecule has 0 rings (SSSR count). The second kappa shape index (κ2) is 14.8. The summed E-state index contributed by atoms with van der Waals surface area (Å²) >= 11 is 0.644. The summed E-state index contributed by atoms with van der Waals surface area (Å²) in [6.07, 6.45) is 0. The fraction of sp³-hybridized carbons (Fsp3) is 0.933. The first-order valence-electron chi connectivity index (χ1n) is 9.45. The first-order chi connectivity index (χ1) is 13.3. The van der Waals surface area contributed by atoms with Gasteiger partial charge in [-0.25, -0.2) is 4.57 Å². The van der Waals surface area contributed by atoms with Crippen LogP contribution in [-0.2, 0) is 40.8 Å². The van der Waals surface area contributed by atoms with Crippen molar-refractivity contribution in [1.82, 2.24) is 0 Å². The lowest BCUT2D eigenvalue weighted by Gasteiger charge is -2.31. The Kier molecular flexibility index (Phi) is 15.2. The quantitative estimate of drug-likeness (QED) is 0.224. The molecule has 28 heavy (non-hydrogen) atoms. The SMILES string of the molecule is CCOP(=O)(OCC)SC(P(=O)(OCC)OCC)=P(OCC)(OCC)OCC. The van der Waals surface area contributed by atoms with Crippen molar-refractivity contribution < 1.29 is 40.8 Å². The summed E-state index contributed by atoms with van der Waals surface area (Å²) in [4.78, 5) is 0. The van der Waals surface area contributed by atoms with Crippen molar-refractivity contribution in [2.45, 2.75) is 48.5 Å². The van der Waals surface area contributed by atoms with Crippen molar-refractivity contribution in [3.8, 4) is 0 Å². The van der Waals surface area contributed by atoms with E-state index in [-0.39, 0.29) is 50.6 Å². The highest BCUT2D eigenvalue weighted by Gasteiger charge is 2.47. The first kappa shape index (κ1) is 28.8. The molecule has 170 valence electrons. The van der Waals surface area contributed by atoms with Crippen LogP contribution in [0.3, 0.4) is 0 Å². The maximum Gasteiger partial charge on any atom is 0.394 e. The van der Waals surface area contributed by atoms with Crippen LogP contribution in [-0.4, -0.2) is 50.6 Å². The summed E-state index contributed by atoms with van der Waals surface area (Å²) in [5.41, 5.74) is 0. The zero-order valence-corrected chi connectivity index (χ0v) is 21.4. The van der Waals surface area contributed by atoms with Crippen LogP contribution in [0.5, 0.6) is 0 Å². The average molecular weight is 484 g/mol. The molecule has 0 aliphatic heterocycles. The maximum absolute atomic E-state index is 13.7. The van der Waals surface area contributed by atoms with E-state index in [0.29, 0.717) is 11.4 Å². The van der Waals surface area contributed by atoms with Crippen LogP contribution in [0.1, 0.15) is 48.5 Å². The minimum absolute atomic E-state index is 0.0421. The van der Waals surface area contributed by atoms with Gasteiger partial charge in [0.05, 0.1) is 46.2 Å². The molecule has 13 heteroatoms. The van der Waals surface area contributed by atoms with Crippen molar-refractivity contribution >= 4 is 37.7 Å². The van der Waals surface area contributed by atoms with E-state index in [2.05, 4.69) is 0 Å². The lowest BCUT2D eigenvalue weighted by molar-refractivity contribution is 0.170. The molecule has 0 aromatic rings. The molecule has 0 bridgehead atoms. The van der Waals surface area contributed by atoms with Crippen molar-refractivity contribution in [2.75, 3.05) is 46.2 Å². The summed E-state index contributed by atoms with van der Waals surface area (Å²) in [5, 5.41) is 0. The molecule has 0 spiro atoms. The molecule has 0 amide bonds. The maximum atomic E-state index is 13.7. The molecule has 0 aliphatic rings. The van der Waals surface area contributed by atoms with Gasteiger partial charge in [-0.1, -0.05) is 0 Å². The van der Waals surface area contributed by atoms with Gasteiger partial charge in [0.1, 0.15) is 0 Å². The lowest BCUT2D eigenvalue weighted by Crippen LogP contribution is -2.13. The van der Waals surface area contributed by atoms with Crippen LogP contribution < -0.4 is 0 Å². The molecule has 0 saturated carbocycles. The lowest BCUT2D eigenvalue weighted by atomic mass is 10.9. The molecule has 0 heterocycles. The van der Waals surface area contributed by atoms with Gasteiger partial charge in [0.25, 0.3) is 7.57 Å². The largest absolute Gasteiger partial charge is 0.394 e. The second-order valence-corrected chi connectivity index (χ2v) is 13.8. The van der Waals surface area contributed by atoms with Crippen LogP contribution in [0.2, 0.25) is 0 Å². The first-order valence-corrected chi connectivity index (χ1v) is 15.5. The van der Waals surface area contributed by atoms with Gasteiger partial charge in [0.2, 0.25) is 0 Å². The fourth-order valence-corrected chi connectivity index (χ4v) is 14.4. The molecular formula is C15H35O9P3S. The minimum atomic E-state index is -3.96. The molecule has 0 unspecified atom stereocenters. The van der Waals surface area contributed by atoms with E-state index in [1.165, 1.54) is 0 Å². The highest BCUT2D eigenvalue weighted by Crippen LogP contribution is 2.75. The number of rotatable bonds is 17. The van der Waals surface area contributed by atoms with Crippen LogP contribution in [0.25, 0.3) is 0 Å². The third-order valence-electron chi connectivity index (χ3n) is 2.73. The minimum Gasteiger partial charge on any atom is -0.316 e. The zero-order chi connectivity index (χ0) is 21.7. The van der Waals surface area contributed by atoms with Gasteiger partial charge in [-0.05, 0) is 48.5 Å². The Morgan fingerprint density at radius 2 is 0.893 bits per heavy atom. The Bertz CT molecular complexity index is 541. The van der Waals surface area contributed by atoms with E-state index in [9.17, 15) is 9.13 Å². The summed E-state index contributed by atoms with van der Waals surface area (Å²) in [6, 6.07) is 0. The Morgan fingerprint density at radius 1 is 0.571 bits per heavy atom. The van der Waals surface area contributed by atoms with E-state index < -0.39 is 22.0 Å². The van der Waals surface area contributed by atoms with Crippen LogP contribution >= 0.6 is 33.3 Å². The summed E-state index contributed by atoms with van der Waals surface area (Å²) in [5.74, 6) is 0. The van der Waals surface area contributed by atoms with Crippen molar-refractivity contribution in [2.24, 2.45) is 0 Å². The Hall–Kier alpha value is 0.830. The van der Waals surface area contributed by atoms with E-state index in [0.717, 1.165) is 0 Å². The molecule has 0 fully saturated rings. The summed E-state index contributed by atoms with van der Waals surface area (Å²) in [6.45, 7) is 9.35. The van der Waals surface area contributed by atoms with Crippen molar-refractivity contribution in [1.29, 1.82) is 0 Å². The van der Waals surface area contributed by atoms with Crippen molar-refractivity contribution in [3.63, 3.8) is 0 Å². The highest BCUT2D eigenvalue weighted by atomic mass is 32.7. The zero-order valence-electron chi connectivity index (χ0n) is 17.9. The summed E-state index contributed by atoms with van der Waals surface area (Å²) in [7, 11) is -7.36. The molecule has 0 atom stereocenters. The van der Waals surface area contributed by atoms with E-state index >= 15 is 0 Å². The van der Waals surface area contributed by atoms with Gasteiger partial charge >= 0.3 is 14.4 Å². The normalized spacial score (nSPS) is 13.1. The number of hydrogen-bond donors (Lipinski definition) is 0. The smallest absolute Gasteiger partial charge is 0.316 e. The summed E-state index contributed by atoms with van der Waals surface area (Å²) < 4.78 is 66.3. The standard InChI is InChI=1S/C15H35O9P3S/c1-8-18-25(16,19-9-2)15(28-27(17,23-13-6)24-14-7)26(20-10-3,21-11-4)22-12-5/h8-14H2,1-7H3. The molecule has 0 N–H and O–H groups in total. The fourth-order valence-electron chi connectivity index (χ4n) is 2.03. The Morgan fingerprint density at radius 3 is 1.18 bits per heavy atom. The van der Waals surface area contributed by atoms with E-state index in [4.69, 9.17) is 31.7 Å². The molecule has 0 aromatic heterocycles. The van der Waals surface area contributed by atoms with Crippen LogP contribution in [0.15, 0.2) is 0 Å². The monoisotopic (exact) mass is 484 g/mol. The Labute approximate surface area is 173 Å².